The van der Waals surface area contributed by atoms with Crippen LogP contribution in [0.3, 0.4) is 0 Å². The first-order valence-electron chi connectivity index (χ1n) is 5.22. The van der Waals surface area contributed by atoms with Crippen molar-refractivity contribution in [2.75, 3.05) is 11.5 Å². The fraction of sp³-hybridized carbons (Fsp3) is 0.818. The normalized spacial score (nSPS) is 21.3. The van der Waals surface area contributed by atoms with Crippen LogP contribution >= 0.6 is 23.5 Å². The lowest BCUT2D eigenvalue weighted by Gasteiger charge is -2.35. The number of thioether (sulfide) groups is 2. The molecule has 1 aliphatic heterocycles. The summed E-state index contributed by atoms with van der Waals surface area (Å²) in [4.78, 5) is 0. The molecule has 0 bridgehead atoms. The summed E-state index contributed by atoms with van der Waals surface area (Å²) in [5.74, 6) is 2.74. The molecule has 0 aromatic rings. The van der Waals surface area contributed by atoms with Crippen LogP contribution in [0.4, 0.5) is 0 Å². The van der Waals surface area contributed by atoms with Gasteiger partial charge in [0, 0.05) is 0 Å². The second-order valence-corrected chi connectivity index (χ2v) is 6.71. The quantitative estimate of drug-likeness (QED) is 0.496. The van der Waals surface area contributed by atoms with Gasteiger partial charge in [-0.3, -0.25) is 0 Å². The summed E-state index contributed by atoms with van der Waals surface area (Å²) in [5.41, 5.74) is 0. The molecule has 1 fully saturated rings. The van der Waals surface area contributed by atoms with E-state index in [0.29, 0.717) is 4.08 Å². The van der Waals surface area contributed by atoms with Crippen molar-refractivity contribution < 1.29 is 0 Å². The van der Waals surface area contributed by atoms with Gasteiger partial charge in [0.15, 0.2) is 0 Å². The molecule has 0 aliphatic carbocycles. The maximum atomic E-state index is 3.78. The SMILES string of the molecule is C=CCCCC1(CC)SCCCS1. The van der Waals surface area contributed by atoms with Crippen LogP contribution in [0.15, 0.2) is 12.7 Å². The van der Waals surface area contributed by atoms with Gasteiger partial charge in [-0.1, -0.05) is 13.0 Å². The highest BCUT2D eigenvalue weighted by atomic mass is 32.2. The highest BCUT2D eigenvalue weighted by Gasteiger charge is 2.30. The molecule has 0 radical (unpaired) electrons. The van der Waals surface area contributed by atoms with Gasteiger partial charge >= 0.3 is 0 Å². The number of unbranched alkanes of at least 4 members (excludes halogenated alkanes) is 1. The van der Waals surface area contributed by atoms with Gasteiger partial charge in [0.25, 0.3) is 0 Å². The summed E-state index contributed by atoms with van der Waals surface area (Å²) in [6.45, 7) is 6.11. The first-order valence-corrected chi connectivity index (χ1v) is 7.19. The Morgan fingerprint density at radius 2 is 2.08 bits per heavy atom. The van der Waals surface area contributed by atoms with Crippen LogP contribution in [-0.4, -0.2) is 15.6 Å². The standard InChI is InChI=1S/C11H20S2/c1-3-5-6-8-11(4-2)12-9-7-10-13-11/h3H,1,4-10H2,2H3. The van der Waals surface area contributed by atoms with Crippen molar-refractivity contribution in [2.45, 2.75) is 43.1 Å². The molecule has 1 aliphatic rings. The second-order valence-electron chi connectivity index (χ2n) is 3.50. The van der Waals surface area contributed by atoms with Crippen LogP contribution in [0.25, 0.3) is 0 Å². The first kappa shape index (κ1) is 11.5. The maximum Gasteiger partial charge on any atom is 0.0608 e. The van der Waals surface area contributed by atoms with Crippen LogP contribution in [0, 0.1) is 0 Å². The lowest BCUT2D eigenvalue weighted by molar-refractivity contribution is 0.648. The third-order valence-corrected chi connectivity index (χ3v) is 6.25. The fourth-order valence-corrected chi connectivity index (χ4v) is 4.98. The molecule has 1 rings (SSSR count). The third kappa shape index (κ3) is 3.59. The van der Waals surface area contributed by atoms with Gasteiger partial charge in [-0.25, -0.2) is 0 Å². The zero-order chi connectivity index (χ0) is 9.57. The number of hydrogen-bond donors (Lipinski definition) is 0. The Morgan fingerprint density at radius 1 is 1.38 bits per heavy atom. The largest absolute Gasteiger partial charge is 0.144 e. The smallest absolute Gasteiger partial charge is 0.0608 e. The summed E-state index contributed by atoms with van der Waals surface area (Å²) in [7, 11) is 0. The molecule has 76 valence electrons. The summed E-state index contributed by atoms with van der Waals surface area (Å²) in [6.07, 6.45) is 8.63. The second kappa shape index (κ2) is 6.02. The van der Waals surface area contributed by atoms with Crippen molar-refractivity contribution >= 4 is 23.5 Å². The van der Waals surface area contributed by atoms with E-state index < -0.39 is 0 Å². The molecule has 1 saturated heterocycles. The average molecular weight is 216 g/mol. The molecule has 0 aromatic carbocycles. The van der Waals surface area contributed by atoms with Crippen LogP contribution < -0.4 is 0 Å². The number of hydrogen-bond acceptors (Lipinski definition) is 2. The zero-order valence-electron chi connectivity index (χ0n) is 8.55. The minimum Gasteiger partial charge on any atom is -0.144 e. The Hall–Kier alpha value is 0.440. The Kier molecular flexibility index (Phi) is 5.34. The average Bonchev–Trinajstić information content (AvgIpc) is 2.20. The van der Waals surface area contributed by atoms with Crippen LogP contribution in [0.1, 0.15) is 39.0 Å². The van der Waals surface area contributed by atoms with Crippen molar-refractivity contribution in [1.82, 2.24) is 0 Å². The van der Waals surface area contributed by atoms with E-state index in [1.165, 1.54) is 43.6 Å². The Balaban J connectivity index is 2.33. The molecule has 13 heavy (non-hydrogen) atoms. The van der Waals surface area contributed by atoms with E-state index in [4.69, 9.17) is 0 Å². The molecule has 0 nitrogen and oxygen atoms in total. The highest BCUT2D eigenvalue weighted by molar-refractivity contribution is 8.18. The lowest BCUT2D eigenvalue weighted by atomic mass is 10.1. The van der Waals surface area contributed by atoms with E-state index in [-0.39, 0.29) is 0 Å². The molecule has 0 atom stereocenters. The van der Waals surface area contributed by atoms with Gasteiger partial charge in [-0.15, -0.1) is 30.1 Å². The number of rotatable bonds is 5. The summed E-state index contributed by atoms with van der Waals surface area (Å²) in [5, 5.41) is 0. The molecular weight excluding hydrogens is 196 g/mol. The Morgan fingerprint density at radius 3 is 2.62 bits per heavy atom. The minimum absolute atomic E-state index is 0.557. The minimum atomic E-state index is 0.557. The predicted octanol–water partition coefficient (Wildman–Crippen LogP) is 4.32. The van der Waals surface area contributed by atoms with Gasteiger partial charge in [0.1, 0.15) is 0 Å². The molecule has 0 aromatic heterocycles. The van der Waals surface area contributed by atoms with Crippen LogP contribution in [-0.2, 0) is 0 Å². The molecule has 2 heteroatoms. The maximum absolute atomic E-state index is 3.78. The van der Waals surface area contributed by atoms with Gasteiger partial charge < -0.3 is 0 Å². The first-order chi connectivity index (χ1) is 6.33. The van der Waals surface area contributed by atoms with Crippen molar-refractivity contribution in [3.63, 3.8) is 0 Å². The Labute approximate surface area is 90.9 Å². The topological polar surface area (TPSA) is 0 Å². The monoisotopic (exact) mass is 216 g/mol. The van der Waals surface area contributed by atoms with Crippen molar-refractivity contribution in [1.29, 1.82) is 0 Å². The van der Waals surface area contributed by atoms with Gasteiger partial charge in [0.2, 0.25) is 0 Å². The van der Waals surface area contributed by atoms with E-state index in [0.717, 1.165) is 0 Å². The van der Waals surface area contributed by atoms with Gasteiger partial charge in [0.05, 0.1) is 4.08 Å². The highest BCUT2D eigenvalue weighted by Crippen LogP contribution is 2.47. The van der Waals surface area contributed by atoms with Crippen molar-refractivity contribution in [3.8, 4) is 0 Å². The molecule has 0 amide bonds. The van der Waals surface area contributed by atoms with E-state index in [9.17, 15) is 0 Å². The van der Waals surface area contributed by atoms with Gasteiger partial charge in [-0.05, 0) is 43.6 Å². The van der Waals surface area contributed by atoms with Crippen molar-refractivity contribution in [2.24, 2.45) is 0 Å². The van der Waals surface area contributed by atoms with Crippen LogP contribution in [0.5, 0.6) is 0 Å². The third-order valence-electron chi connectivity index (χ3n) is 2.52. The van der Waals surface area contributed by atoms with Gasteiger partial charge in [-0.2, -0.15) is 0 Å². The van der Waals surface area contributed by atoms with E-state index in [1.807, 2.05) is 6.08 Å². The number of allylic oxidation sites excluding steroid dienone is 1. The summed E-state index contributed by atoms with van der Waals surface area (Å²) in [6, 6.07) is 0. The lowest BCUT2D eigenvalue weighted by Crippen LogP contribution is -2.23. The van der Waals surface area contributed by atoms with Crippen LogP contribution in [0.2, 0.25) is 0 Å². The molecule has 0 N–H and O–H groups in total. The molecule has 1 heterocycles. The molecular formula is C11H20S2. The zero-order valence-corrected chi connectivity index (χ0v) is 10.2. The summed E-state index contributed by atoms with van der Waals surface area (Å²) >= 11 is 4.38. The van der Waals surface area contributed by atoms with E-state index in [1.54, 1.807) is 0 Å². The molecule has 0 spiro atoms. The Bertz CT molecular complexity index is 148. The van der Waals surface area contributed by atoms with E-state index in [2.05, 4.69) is 37.0 Å². The molecule has 0 saturated carbocycles. The van der Waals surface area contributed by atoms with E-state index >= 15 is 0 Å². The summed E-state index contributed by atoms with van der Waals surface area (Å²) < 4.78 is 0.557. The van der Waals surface area contributed by atoms with Crippen molar-refractivity contribution in [3.05, 3.63) is 12.7 Å². The fourth-order valence-electron chi connectivity index (χ4n) is 1.66. The predicted molar refractivity (Wildman–Crippen MR) is 66.6 cm³/mol. The molecule has 0 unspecified atom stereocenters.